The zero-order valence-corrected chi connectivity index (χ0v) is 21.3. The van der Waals surface area contributed by atoms with Crippen LogP contribution in [0.3, 0.4) is 0 Å². The Kier molecular flexibility index (Phi) is 4.47. The zero-order valence-electron chi connectivity index (χ0n) is 21.3. The number of ether oxygens (including phenoxy) is 5. The van der Waals surface area contributed by atoms with Gasteiger partial charge in [-0.05, 0) is 17.9 Å². The third kappa shape index (κ3) is 2.13. The molecule has 2 saturated carbocycles. The SMILES string of the molecule is CC1C(=O)O[C@H]2C(O)C34C5OC(=O)[C@@]3(OC3OC(=O)[C@H](OCc6ccccc6)C34C(C(C)(C)C)[C@@H]5O)[C@@]12O. The molecule has 6 aliphatic rings. The van der Waals surface area contributed by atoms with E-state index in [1.54, 1.807) is 0 Å². The fraction of sp³-hybridized carbons (Fsp3) is 0.667. The van der Waals surface area contributed by atoms with E-state index in [1.807, 2.05) is 51.1 Å². The number of aliphatic hydroxyl groups excluding tert-OH is 2. The van der Waals surface area contributed by atoms with Crippen molar-refractivity contribution in [1.29, 1.82) is 0 Å². The Bertz CT molecular complexity index is 1260. The van der Waals surface area contributed by atoms with Gasteiger partial charge in [0.15, 0.2) is 17.8 Å². The number of hydrogen-bond acceptors (Lipinski definition) is 11. The first-order valence-electron chi connectivity index (χ1n) is 12.9. The van der Waals surface area contributed by atoms with Crippen LogP contribution in [-0.2, 0) is 44.7 Å². The van der Waals surface area contributed by atoms with Crippen molar-refractivity contribution >= 4 is 17.9 Å². The number of fused-ring (bicyclic) bond motifs is 1. The number of carbonyl (C=O) groups excluding carboxylic acids is 3. The first-order chi connectivity index (χ1) is 17.8. The molecule has 2 aliphatic carbocycles. The number of aliphatic hydroxyl groups is 3. The Labute approximate surface area is 217 Å². The molecule has 12 atom stereocenters. The maximum atomic E-state index is 13.8. The van der Waals surface area contributed by atoms with Crippen LogP contribution in [0.1, 0.15) is 33.3 Å². The number of hydrogen-bond donors (Lipinski definition) is 3. The number of benzene rings is 1. The van der Waals surface area contributed by atoms with Gasteiger partial charge >= 0.3 is 17.9 Å². The van der Waals surface area contributed by atoms with Crippen LogP contribution in [0.2, 0.25) is 0 Å². The van der Waals surface area contributed by atoms with Crippen molar-refractivity contribution < 1.29 is 53.4 Å². The van der Waals surface area contributed by atoms with Gasteiger partial charge in [0.2, 0.25) is 11.9 Å². The van der Waals surface area contributed by atoms with Gasteiger partial charge in [-0.15, -0.1) is 0 Å². The Balaban J connectivity index is 1.50. The van der Waals surface area contributed by atoms with Gasteiger partial charge < -0.3 is 39.0 Å². The van der Waals surface area contributed by atoms with Crippen LogP contribution in [0, 0.1) is 28.1 Å². The topological polar surface area (TPSA) is 158 Å². The third-order valence-corrected chi connectivity index (χ3v) is 10.2. The Morgan fingerprint density at radius 1 is 0.974 bits per heavy atom. The first-order valence-corrected chi connectivity index (χ1v) is 12.9. The van der Waals surface area contributed by atoms with Gasteiger partial charge in [-0.3, -0.25) is 4.79 Å². The molecule has 7 unspecified atom stereocenters. The number of rotatable bonds is 3. The van der Waals surface area contributed by atoms with Crippen molar-refractivity contribution in [2.24, 2.45) is 28.1 Å². The largest absolute Gasteiger partial charge is 0.456 e. The summed E-state index contributed by atoms with van der Waals surface area (Å²) in [7, 11) is 0. The highest BCUT2D eigenvalue weighted by Crippen LogP contribution is 2.84. The molecule has 0 bridgehead atoms. The van der Waals surface area contributed by atoms with E-state index in [0.717, 1.165) is 5.56 Å². The normalized spacial score (nSPS) is 51.8. The van der Waals surface area contributed by atoms with E-state index in [0.29, 0.717) is 0 Å². The highest BCUT2D eigenvalue weighted by molar-refractivity contribution is 5.94. The first kappa shape index (κ1) is 24.5. The molecule has 3 N–H and O–H groups in total. The molecule has 4 heterocycles. The summed E-state index contributed by atoms with van der Waals surface area (Å²) in [4.78, 5) is 40.0. The number of esters is 3. The minimum absolute atomic E-state index is 0.0141. The van der Waals surface area contributed by atoms with Crippen molar-refractivity contribution in [3.63, 3.8) is 0 Å². The van der Waals surface area contributed by atoms with E-state index in [1.165, 1.54) is 6.92 Å². The summed E-state index contributed by atoms with van der Waals surface area (Å²) in [6.07, 6.45) is -8.97. The molecule has 0 radical (unpaired) electrons. The molecular weight excluding hydrogens is 500 g/mol. The summed E-state index contributed by atoms with van der Waals surface area (Å²) in [5, 5.41) is 36.1. The van der Waals surface area contributed by atoms with Gasteiger partial charge in [-0.25, -0.2) is 9.59 Å². The highest BCUT2D eigenvalue weighted by atomic mass is 16.8. The Morgan fingerprint density at radius 3 is 2.32 bits per heavy atom. The summed E-state index contributed by atoms with van der Waals surface area (Å²) in [6.45, 7) is 6.92. The summed E-state index contributed by atoms with van der Waals surface area (Å²) in [5.74, 6) is -4.79. The molecular formula is C27H30O11. The molecule has 2 spiro atoms. The summed E-state index contributed by atoms with van der Waals surface area (Å²) in [6, 6.07) is 9.11. The molecule has 4 aliphatic heterocycles. The van der Waals surface area contributed by atoms with Crippen LogP contribution in [0.5, 0.6) is 0 Å². The quantitative estimate of drug-likeness (QED) is 0.352. The molecule has 6 fully saturated rings. The maximum Gasteiger partial charge on any atom is 0.343 e. The van der Waals surface area contributed by atoms with Crippen molar-refractivity contribution in [3.8, 4) is 0 Å². The van der Waals surface area contributed by atoms with E-state index in [-0.39, 0.29) is 6.61 Å². The number of carbonyl (C=O) groups is 3. The molecule has 4 saturated heterocycles. The summed E-state index contributed by atoms with van der Waals surface area (Å²) >= 11 is 0. The average Bonchev–Trinajstić information content (AvgIpc) is 3.55. The van der Waals surface area contributed by atoms with Crippen LogP contribution in [0.25, 0.3) is 0 Å². The molecule has 0 aromatic heterocycles. The average molecular weight is 531 g/mol. The monoisotopic (exact) mass is 530 g/mol. The van der Waals surface area contributed by atoms with E-state index >= 15 is 0 Å². The van der Waals surface area contributed by atoms with Gasteiger partial charge in [0.1, 0.15) is 12.2 Å². The minimum atomic E-state index is -2.36. The Morgan fingerprint density at radius 2 is 1.66 bits per heavy atom. The van der Waals surface area contributed by atoms with Crippen molar-refractivity contribution in [1.82, 2.24) is 0 Å². The molecule has 1 aromatic rings. The zero-order chi connectivity index (χ0) is 27.2. The molecule has 7 rings (SSSR count). The Hall–Kier alpha value is -2.57. The molecule has 38 heavy (non-hydrogen) atoms. The molecule has 1 aromatic carbocycles. The van der Waals surface area contributed by atoms with Crippen LogP contribution < -0.4 is 0 Å². The standard InChI is InChI=1S/C27H30O11/c1-11-19(30)35-17-15(29)25-16-13(28)14(23(2,3)4)24(25)18(34-10-12-8-6-5-7-9-12)20(31)37-22(24)38-27(25,21(32)36-16)26(11,17)33/h5-9,11,13-18,22,28-29,33H,10H2,1-4H3/t11?,13-,14?,15?,16?,17-,18-,22?,24?,25?,26+,27-/m0/s1. The van der Waals surface area contributed by atoms with Crippen LogP contribution in [-0.4, -0.2) is 81.2 Å². The highest BCUT2D eigenvalue weighted by Gasteiger charge is 3.05. The van der Waals surface area contributed by atoms with E-state index < -0.39 is 94.0 Å². The van der Waals surface area contributed by atoms with Crippen molar-refractivity contribution in [2.45, 2.75) is 82.3 Å². The van der Waals surface area contributed by atoms with E-state index in [9.17, 15) is 29.7 Å². The maximum absolute atomic E-state index is 13.8. The smallest absolute Gasteiger partial charge is 0.343 e. The molecule has 204 valence electrons. The fourth-order valence-corrected chi connectivity index (χ4v) is 9.20. The second-order valence-corrected chi connectivity index (χ2v) is 12.6. The second-order valence-electron chi connectivity index (χ2n) is 12.6. The lowest BCUT2D eigenvalue weighted by Crippen LogP contribution is -2.67. The summed E-state index contributed by atoms with van der Waals surface area (Å²) in [5.41, 5.74) is -8.32. The van der Waals surface area contributed by atoms with Crippen molar-refractivity contribution in [2.75, 3.05) is 0 Å². The second kappa shape index (κ2) is 6.95. The van der Waals surface area contributed by atoms with Gasteiger partial charge in [0, 0.05) is 5.92 Å². The molecule has 11 heteroatoms. The molecule has 0 amide bonds. The molecule has 11 nitrogen and oxygen atoms in total. The van der Waals surface area contributed by atoms with Crippen LogP contribution in [0.15, 0.2) is 30.3 Å². The lowest BCUT2D eigenvalue weighted by atomic mass is 9.51. The van der Waals surface area contributed by atoms with Gasteiger partial charge in [-0.2, -0.15) is 0 Å². The summed E-state index contributed by atoms with van der Waals surface area (Å²) < 4.78 is 29.6. The van der Waals surface area contributed by atoms with Crippen LogP contribution >= 0.6 is 0 Å². The van der Waals surface area contributed by atoms with Crippen molar-refractivity contribution in [3.05, 3.63) is 35.9 Å². The predicted octanol–water partition coefficient (Wildman–Crippen LogP) is -0.174. The van der Waals surface area contributed by atoms with Gasteiger partial charge in [0.05, 0.1) is 29.5 Å². The van der Waals surface area contributed by atoms with Gasteiger partial charge in [-0.1, -0.05) is 51.1 Å². The van der Waals surface area contributed by atoms with E-state index in [2.05, 4.69) is 0 Å². The minimum Gasteiger partial charge on any atom is -0.456 e. The van der Waals surface area contributed by atoms with Gasteiger partial charge in [0.25, 0.3) is 0 Å². The van der Waals surface area contributed by atoms with Crippen LogP contribution in [0.4, 0.5) is 0 Å². The fourth-order valence-electron chi connectivity index (χ4n) is 9.20. The predicted molar refractivity (Wildman–Crippen MR) is 122 cm³/mol. The lowest BCUT2D eigenvalue weighted by Gasteiger charge is -2.48. The lowest BCUT2D eigenvalue weighted by molar-refractivity contribution is -0.240. The van der Waals surface area contributed by atoms with E-state index in [4.69, 9.17) is 23.7 Å². The third-order valence-electron chi connectivity index (χ3n) is 10.2.